The van der Waals surface area contributed by atoms with Crippen molar-refractivity contribution in [2.24, 2.45) is 0 Å². The van der Waals surface area contributed by atoms with Crippen molar-refractivity contribution in [1.29, 1.82) is 0 Å². The Hall–Kier alpha value is -5.64. The molecule has 280 valence electrons. The van der Waals surface area contributed by atoms with E-state index in [-0.39, 0.29) is 5.41 Å². The summed E-state index contributed by atoms with van der Waals surface area (Å²) in [6.45, 7) is 2.30. The minimum atomic E-state index is -0.00326. The van der Waals surface area contributed by atoms with Crippen molar-refractivity contribution in [2.75, 3.05) is 9.80 Å². The van der Waals surface area contributed by atoms with Crippen molar-refractivity contribution in [1.82, 2.24) is 0 Å². The van der Waals surface area contributed by atoms with Crippen LogP contribution in [-0.4, -0.2) is 0 Å². The van der Waals surface area contributed by atoms with Gasteiger partial charge in [0.2, 0.25) is 0 Å². The molecule has 1 heterocycles. The third kappa shape index (κ3) is 5.89. The van der Waals surface area contributed by atoms with Crippen LogP contribution in [-0.2, 0) is 18.3 Å². The Morgan fingerprint density at radius 1 is 0.491 bits per heavy atom. The van der Waals surface area contributed by atoms with Crippen LogP contribution in [0, 0.1) is 6.92 Å². The quantitative estimate of drug-likeness (QED) is 0.160. The van der Waals surface area contributed by atoms with Gasteiger partial charge in [-0.25, -0.2) is 0 Å². The van der Waals surface area contributed by atoms with Crippen LogP contribution in [0.25, 0.3) is 20.2 Å². The molecule has 1 aromatic heterocycles. The summed E-state index contributed by atoms with van der Waals surface area (Å²) in [4.78, 5) is 4.99. The van der Waals surface area contributed by atoms with Gasteiger partial charge in [-0.1, -0.05) is 98.1 Å². The number of hydrogen-bond acceptors (Lipinski definition) is 3. The number of hydrogen-bond donors (Lipinski definition) is 0. The number of benzene rings is 7. The number of thiophene rings is 1. The maximum absolute atomic E-state index is 2.58. The van der Waals surface area contributed by atoms with Gasteiger partial charge in [0.05, 0.1) is 5.69 Å². The molecule has 0 bridgehead atoms. The Kier molecular flexibility index (Phi) is 8.54. The van der Waals surface area contributed by atoms with Crippen molar-refractivity contribution in [3.8, 4) is 0 Å². The first-order valence-corrected chi connectivity index (χ1v) is 21.9. The molecule has 2 nitrogen and oxygen atoms in total. The summed E-state index contributed by atoms with van der Waals surface area (Å²) in [5.41, 5.74) is 16.2. The van der Waals surface area contributed by atoms with E-state index >= 15 is 0 Å². The molecule has 8 aromatic rings. The third-order valence-electron chi connectivity index (χ3n) is 13.6. The minimum Gasteiger partial charge on any atom is -0.310 e. The summed E-state index contributed by atoms with van der Waals surface area (Å²) in [5.74, 6) is 0.685. The molecule has 1 saturated carbocycles. The van der Waals surface area contributed by atoms with Gasteiger partial charge in [-0.2, -0.15) is 0 Å². The van der Waals surface area contributed by atoms with E-state index in [0.717, 1.165) is 25.7 Å². The number of nitrogens with zero attached hydrogens (tertiary/aromatic N) is 2. The van der Waals surface area contributed by atoms with E-state index in [1.165, 1.54) is 120 Å². The van der Waals surface area contributed by atoms with E-state index in [1.54, 1.807) is 0 Å². The molecule has 3 heteroatoms. The average Bonchev–Trinajstić information content (AvgIpc) is 3.95. The van der Waals surface area contributed by atoms with Crippen LogP contribution < -0.4 is 9.80 Å². The third-order valence-corrected chi connectivity index (χ3v) is 14.7. The zero-order valence-electron chi connectivity index (χ0n) is 32.8. The Morgan fingerprint density at radius 2 is 1.05 bits per heavy atom. The van der Waals surface area contributed by atoms with Crippen LogP contribution >= 0.6 is 11.3 Å². The largest absolute Gasteiger partial charge is 0.310 e. The molecule has 0 radical (unpaired) electrons. The molecule has 3 aliphatic rings. The predicted molar refractivity (Wildman–Crippen MR) is 243 cm³/mol. The van der Waals surface area contributed by atoms with E-state index in [4.69, 9.17) is 0 Å². The molecule has 0 aliphatic heterocycles. The summed E-state index contributed by atoms with van der Waals surface area (Å²) in [6, 6.07) is 59.9. The predicted octanol–water partition coefficient (Wildman–Crippen LogP) is 15.5. The van der Waals surface area contributed by atoms with E-state index in [2.05, 4.69) is 174 Å². The first kappa shape index (κ1) is 34.6. The lowest BCUT2D eigenvalue weighted by Crippen LogP contribution is -2.22. The number of aryl methyl sites for hydroxylation is 3. The average molecular weight is 757 g/mol. The zero-order valence-corrected chi connectivity index (χ0v) is 33.6. The smallest absolute Gasteiger partial charge is 0.0505 e. The van der Waals surface area contributed by atoms with Crippen molar-refractivity contribution >= 4 is 65.6 Å². The van der Waals surface area contributed by atoms with Gasteiger partial charge in [0, 0.05) is 54.0 Å². The first-order chi connectivity index (χ1) is 28.1. The molecule has 0 unspecified atom stereocenters. The molecular formula is C54H48N2S. The maximum Gasteiger partial charge on any atom is 0.0505 e. The van der Waals surface area contributed by atoms with Gasteiger partial charge >= 0.3 is 0 Å². The van der Waals surface area contributed by atoms with Crippen LogP contribution in [0.5, 0.6) is 0 Å². The van der Waals surface area contributed by atoms with Crippen molar-refractivity contribution in [3.63, 3.8) is 0 Å². The lowest BCUT2D eigenvalue weighted by molar-refractivity contribution is 0.443. The van der Waals surface area contributed by atoms with Gasteiger partial charge in [0.25, 0.3) is 0 Å². The molecular weight excluding hydrogens is 709 g/mol. The normalized spacial score (nSPS) is 17.6. The second kappa shape index (κ2) is 14.1. The van der Waals surface area contributed by atoms with Crippen molar-refractivity contribution < 1.29 is 0 Å². The fourth-order valence-corrected chi connectivity index (χ4v) is 11.8. The molecule has 0 amide bonds. The molecule has 1 fully saturated rings. The van der Waals surface area contributed by atoms with Crippen LogP contribution in [0.15, 0.2) is 158 Å². The molecule has 11 rings (SSSR count). The van der Waals surface area contributed by atoms with E-state index < -0.39 is 0 Å². The van der Waals surface area contributed by atoms with Gasteiger partial charge in [-0.3, -0.25) is 0 Å². The highest BCUT2D eigenvalue weighted by atomic mass is 32.1. The van der Waals surface area contributed by atoms with Crippen molar-refractivity contribution in [2.45, 2.75) is 76.0 Å². The molecule has 1 spiro atoms. The zero-order chi connectivity index (χ0) is 37.9. The Bertz CT molecular complexity index is 2700. The number of rotatable bonds is 7. The Labute approximate surface area is 341 Å². The lowest BCUT2D eigenvalue weighted by atomic mass is 9.76. The standard InChI is InChI=1S/C54H48N2S/c1-37-33-48-47-19-11-12-20-52(47)57-53(48)36-51(37)56(44-25-21-39(22-26-44)38-13-5-2-6-14-38)46-28-24-41-30-32-54(50(41)35-46)31-29-40-23-27-45(34-49(40)54)55(42-15-7-3-8-16-42)43-17-9-4-10-18-43/h3-4,7-12,15-28,33-36,38H,2,5-6,13-14,29-32H2,1H3/t54-/m1/s1. The van der Waals surface area contributed by atoms with Crippen LogP contribution in [0.2, 0.25) is 0 Å². The monoisotopic (exact) mass is 756 g/mol. The summed E-state index contributed by atoms with van der Waals surface area (Å²) in [7, 11) is 0. The summed E-state index contributed by atoms with van der Waals surface area (Å²) in [5, 5.41) is 2.71. The summed E-state index contributed by atoms with van der Waals surface area (Å²) in [6.07, 6.45) is 11.3. The topological polar surface area (TPSA) is 6.48 Å². The maximum atomic E-state index is 2.58. The van der Waals surface area contributed by atoms with Crippen LogP contribution in [0.4, 0.5) is 34.1 Å². The molecule has 0 N–H and O–H groups in total. The van der Waals surface area contributed by atoms with Gasteiger partial charge < -0.3 is 9.80 Å². The molecule has 7 aromatic carbocycles. The fraction of sp³-hybridized carbons (Fsp3) is 0.222. The number of para-hydroxylation sites is 2. The number of anilines is 6. The second-order valence-corrected chi connectivity index (χ2v) is 17.9. The highest BCUT2D eigenvalue weighted by Crippen LogP contribution is 2.55. The number of fused-ring (bicyclic) bond motifs is 7. The van der Waals surface area contributed by atoms with E-state index in [0.29, 0.717) is 5.92 Å². The second-order valence-electron chi connectivity index (χ2n) is 16.8. The minimum absolute atomic E-state index is 0.00326. The van der Waals surface area contributed by atoms with Crippen molar-refractivity contribution in [3.05, 3.63) is 191 Å². The summed E-state index contributed by atoms with van der Waals surface area (Å²) >= 11 is 1.91. The Balaban J connectivity index is 1.04. The van der Waals surface area contributed by atoms with Gasteiger partial charge in [0.15, 0.2) is 0 Å². The van der Waals surface area contributed by atoms with E-state index in [1.807, 2.05) is 11.3 Å². The fourth-order valence-electron chi connectivity index (χ4n) is 10.7. The van der Waals surface area contributed by atoms with Crippen LogP contribution in [0.3, 0.4) is 0 Å². The van der Waals surface area contributed by atoms with E-state index in [9.17, 15) is 0 Å². The van der Waals surface area contributed by atoms with Gasteiger partial charge in [0.1, 0.15) is 0 Å². The highest BCUT2D eigenvalue weighted by molar-refractivity contribution is 7.25. The molecule has 0 saturated heterocycles. The van der Waals surface area contributed by atoms with Gasteiger partial charge in [-0.15, -0.1) is 11.3 Å². The highest BCUT2D eigenvalue weighted by Gasteiger charge is 2.45. The molecule has 57 heavy (non-hydrogen) atoms. The molecule has 3 aliphatic carbocycles. The SMILES string of the molecule is Cc1cc2c(cc1N(c1ccc(C3CCCCC3)cc1)c1ccc3c(c1)[C@]1(CCc4ccc(N(c5ccccc5)c5ccccc5)cc41)CC3)sc1ccccc12. The van der Waals surface area contributed by atoms with Gasteiger partial charge in [-0.05, 0) is 164 Å². The summed E-state index contributed by atoms with van der Waals surface area (Å²) < 4.78 is 2.70. The first-order valence-electron chi connectivity index (χ1n) is 21.1. The molecule has 1 atom stereocenters. The van der Waals surface area contributed by atoms with Crippen LogP contribution in [0.1, 0.15) is 84.2 Å². The lowest BCUT2D eigenvalue weighted by Gasteiger charge is -2.32. The Morgan fingerprint density at radius 3 is 1.70 bits per heavy atom.